The summed E-state index contributed by atoms with van der Waals surface area (Å²) in [6, 6.07) is -1.21. The molecule has 3 rings (SSSR count). The zero-order chi connectivity index (χ0) is 16.7. The summed E-state index contributed by atoms with van der Waals surface area (Å²) < 4.78 is 1.46. The molecule has 1 aromatic rings. The second-order valence-electron chi connectivity index (χ2n) is 5.75. The molecule has 4 amide bonds. The van der Waals surface area contributed by atoms with Crippen LogP contribution >= 0.6 is 0 Å². The normalized spacial score (nSPS) is 19.6. The van der Waals surface area contributed by atoms with Crippen LogP contribution in [0.4, 0.5) is 4.79 Å². The standard InChI is InChI=1S/C14H17N5O4/c1-7-15-10-6-19(5-8(10)13(22)18(7)2)11(20)4-3-9-12(21)17-14(23)16-9/h9H,3-6H2,1-2H3,(H2,16,17,21,23). The van der Waals surface area contributed by atoms with Gasteiger partial charge in [-0.1, -0.05) is 0 Å². The first-order valence-electron chi connectivity index (χ1n) is 7.31. The highest BCUT2D eigenvalue weighted by Gasteiger charge is 2.32. The van der Waals surface area contributed by atoms with Gasteiger partial charge in [0.05, 0.1) is 24.3 Å². The molecular weight excluding hydrogens is 302 g/mol. The number of carbonyl (C=O) groups excluding carboxylic acids is 3. The van der Waals surface area contributed by atoms with Gasteiger partial charge in [0.1, 0.15) is 11.9 Å². The second kappa shape index (κ2) is 5.49. The molecule has 0 radical (unpaired) electrons. The zero-order valence-electron chi connectivity index (χ0n) is 12.9. The van der Waals surface area contributed by atoms with Gasteiger partial charge in [0.15, 0.2) is 0 Å². The van der Waals surface area contributed by atoms with E-state index in [9.17, 15) is 19.2 Å². The molecule has 2 N–H and O–H groups in total. The molecule has 0 saturated carbocycles. The molecule has 1 atom stereocenters. The number of fused-ring (bicyclic) bond motifs is 1. The van der Waals surface area contributed by atoms with Crippen molar-refractivity contribution in [3.63, 3.8) is 0 Å². The first-order valence-corrected chi connectivity index (χ1v) is 7.31. The lowest BCUT2D eigenvalue weighted by Gasteiger charge is -2.15. The van der Waals surface area contributed by atoms with Crippen molar-refractivity contribution in [2.75, 3.05) is 0 Å². The number of nitrogens with one attached hydrogen (secondary N) is 2. The lowest BCUT2D eigenvalue weighted by atomic mass is 10.1. The van der Waals surface area contributed by atoms with E-state index in [1.165, 1.54) is 4.57 Å². The third-order valence-corrected chi connectivity index (χ3v) is 4.24. The minimum Gasteiger partial charge on any atom is -0.332 e. The van der Waals surface area contributed by atoms with E-state index in [-0.39, 0.29) is 30.9 Å². The largest absolute Gasteiger partial charge is 0.332 e. The van der Waals surface area contributed by atoms with E-state index >= 15 is 0 Å². The molecule has 9 nitrogen and oxygen atoms in total. The van der Waals surface area contributed by atoms with Gasteiger partial charge in [-0.3, -0.25) is 24.3 Å². The molecule has 1 fully saturated rings. The van der Waals surface area contributed by atoms with Crippen LogP contribution in [0.1, 0.15) is 29.9 Å². The highest BCUT2D eigenvalue weighted by Crippen LogP contribution is 2.19. The van der Waals surface area contributed by atoms with Crippen LogP contribution in [0.15, 0.2) is 4.79 Å². The van der Waals surface area contributed by atoms with Crippen molar-refractivity contribution in [2.45, 2.75) is 38.9 Å². The number of amides is 4. The van der Waals surface area contributed by atoms with Crippen molar-refractivity contribution < 1.29 is 14.4 Å². The van der Waals surface area contributed by atoms with Crippen LogP contribution in [0.5, 0.6) is 0 Å². The number of aromatic nitrogens is 2. The number of imide groups is 1. The Morgan fingerprint density at radius 3 is 2.70 bits per heavy atom. The molecule has 23 heavy (non-hydrogen) atoms. The van der Waals surface area contributed by atoms with E-state index < -0.39 is 18.0 Å². The molecule has 9 heteroatoms. The highest BCUT2D eigenvalue weighted by molar-refractivity contribution is 6.04. The minimum atomic E-state index is -0.676. The van der Waals surface area contributed by atoms with E-state index in [0.29, 0.717) is 23.6 Å². The van der Waals surface area contributed by atoms with Gasteiger partial charge in [-0.2, -0.15) is 0 Å². The number of hydrogen-bond donors (Lipinski definition) is 2. The van der Waals surface area contributed by atoms with Crippen molar-refractivity contribution in [1.29, 1.82) is 0 Å². The average molecular weight is 319 g/mol. The Morgan fingerprint density at radius 2 is 2.04 bits per heavy atom. The highest BCUT2D eigenvalue weighted by atomic mass is 16.2. The fourth-order valence-electron chi connectivity index (χ4n) is 2.79. The Hall–Kier alpha value is -2.71. The summed E-state index contributed by atoms with van der Waals surface area (Å²) in [6.07, 6.45) is 0.347. The second-order valence-corrected chi connectivity index (χ2v) is 5.75. The number of nitrogens with zero attached hydrogens (tertiary/aromatic N) is 3. The van der Waals surface area contributed by atoms with Gasteiger partial charge < -0.3 is 10.2 Å². The third-order valence-electron chi connectivity index (χ3n) is 4.24. The zero-order valence-corrected chi connectivity index (χ0v) is 12.9. The van der Waals surface area contributed by atoms with Crippen molar-refractivity contribution >= 4 is 17.8 Å². The van der Waals surface area contributed by atoms with Gasteiger partial charge >= 0.3 is 6.03 Å². The molecule has 0 spiro atoms. The van der Waals surface area contributed by atoms with Gasteiger partial charge in [-0.25, -0.2) is 9.78 Å². The predicted octanol–water partition coefficient (Wildman–Crippen LogP) is -1.08. The van der Waals surface area contributed by atoms with Gasteiger partial charge in [-0.15, -0.1) is 0 Å². The summed E-state index contributed by atoms with van der Waals surface area (Å²) >= 11 is 0. The van der Waals surface area contributed by atoms with Crippen LogP contribution in [0, 0.1) is 6.92 Å². The molecule has 1 aromatic heterocycles. The van der Waals surface area contributed by atoms with Crippen LogP contribution in [0.25, 0.3) is 0 Å². The summed E-state index contributed by atoms with van der Waals surface area (Å²) in [4.78, 5) is 52.8. The quantitative estimate of drug-likeness (QED) is 0.688. The molecule has 0 aliphatic carbocycles. The van der Waals surface area contributed by atoms with Crippen LogP contribution < -0.4 is 16.2 Å². The van der Waals surface area contributed by atoms with Crippen molar-refractivity contribution in [3.05, 3.63) is 27.4 Å². The monoisotopic (exact) mass is 319 g/mol. The molecule has 1 saturated heterocycles. The van der Waals surface area contributed by atoms with Gasteiger partial charge in [0.2, 0.25) is 5.91 Å². The maximum atomic E-state index is 12.3. The third kappa shape index (κ3) is 2.69. The number of carbonyl (C=O) groups is 3. The van der Waals surface area contributed by atoms with Crippen LogP contribution in [0.3, 0.4) is 0 Å². The Morgan fingerprint density at radius 1 is 1.30 bits per heavy atom. The van der Waals surface area contributed by atoms with Crippen molar-refractivity contribution in [1.82, 2.24) is 25.1 Å². The van der Waals surface area contributed by atoms with E-state index in [4.69, 9.17) is 0 Å². The van der Waals surface area contributed by atoms with E-state index in [1.807, 2.05) is 0 Å². The Balaban J connectivity index is 1.64. The Kier molecular flexibility index (Phi) is 3.63. The molecule has 1 unspecified atom stereocenters. The van der Waals surface area contributed by atoms with E-state index in [0.717, 1.165) is 0 Å². The Bertz CT molecular complexity index is 769. The maximum Gasteiger partial charge on any atom is 0.322 e. The maximum absolute atomic E-state index is 12.3. The molecule has 0 aromatic carbocycles. The predicted molar refractivity (Wildman–Crippen MR) is 78.2 cm³/mol. The minimum absolute atomic E-state index is 0.117. The van der Waals surface area contributed by atoms with E-state index in [1.54, 1.807) is 18.9 Å². The van der Waals surface area contributed by atoms with Gasteiger partial charge in [0, 0.05) is 13.5 Å². The summed E-state index contributed by atoms with van der Waals surface area (Å²) in [5.41, 5.74) is 1.04. The summed E-state index contributed by atoms with van der Waals surface area (Å²) in [6.45, 7) is 2.28. The van der Waals surface area contributed by atoms with Crippen LogP contribution in [-0.2, 0) is 29.7 Å². The first kappa shape index (κ1) is 15.2. The average Bonchev–Trinajstić information content (AvgIpc) is 3.05. The molecule has 2 aliphatic rings. The lowest BCUT2D eigenvalue weighted by Crippen LogP contribution is -2.32. The number of hydrogen-bond acceptors (Lipinski definition) is 5. The summed E-state index contributed by atoms with van der Waals surface area (Å²) in [5, 5.41) is 4.58. The first-order chi connectivity index (χ1) is 10.9. The van der Waals surface area contributed by atoms with Crippen LogP contribution in [0.2, 0.25) is 0 Å². The topological polar surface area (TPSA) is 113 Å². The van der Waals surface area contributed by atoms with Crippen LogP contribution in [-0.4, -0.2) is 38.3 Å². The number of aryl methyl sites for hydroxylation is 1. The molecular formula is C14H17N5O4. The SMILES string of the molecule is Cc1nc2c(c(=O)n1C)CN(C(=O)CCC1NC(=O)NC1=O)C2. The van der Waals surface area contributed by atoms with Gasteiger partial charge in [0.25, 0.3) is 11.5 Å². The Labute approximate surface area is 131 Å². The molecule has 2 aliphatic heterocycles. The number of rotatable bonds is 3. The summed E-state index contributed by atoms with van der Waals surface area (Å²) in [5.74, 6) is 0.0173. The lowest BCUT2D eigenvalue weighted by molar-refractivity contribution is -0.132. The molecule has 3 heterocycles. The van der Waals surface area contributed by atoms with Gasteiger partial charge in [-0.05, 0) is 13.3 Å². The smallest absolute Gasteiger partial charge is 0.322 e. The van der Waals surface area contributed by atoms with E-state index in [2.05, 4.69) is 15.6 Å². The van der Waals surface area contributed by atoms with Crippen molar-refractivity contribution in [3.8, 4) is 0 Å². The number of urea groups is 1. The fraction of sp³-hybridized carbons (Fsp3) is 0.500. The molecule has 0 bridgehead atoms. The molecule has 122 valence electrons. The summed E-state index contributed by atoms with van der Waals surface area (Å²) in [7, 11) is 1.65. The fourth-order valence-corrected chi connectivity index (χ4v) is 2.79. The van der Waals surface area contributed by atoms with Crippen molar-refractivity contribution in [2.24, 2.45) is 7.05 Å².